The fourth-order valence-electron chi connectivity index (χ4n) is 6.83. The second-order valence-corrected chi connectivity index (χ2v) is 13.7. The molecule has 1 fully saturated rings. The Balaban J connectivity index is 1.12. The molecule has 0 amide bonds. The molecule has 59 heavy (non-hydrogen) atoms. The Morgan fingerprint density at radius 2 is 1.31 bits per heavy atom. The predicted octanol–water partition coefficient (Wildman–Crippen LogP) is 2.03. The average Bonchev–Trinajstić information content (AvgIpc) is 3.17. The van der Waals surface area contributed by atoms with Crippen LogP contribution in [0, 0.1) is 0 Å². The minimum atomic E-state index is -3.17. The molecule has 0 saturated heterocycles. The number of Topliss-reactive ketones (excluding diaryl/α,β-unsaturated/α-hetero) is 1. The van der Waals surface area contributed by atoms with Crippen molar-refractivity contribution in [3.63, 3.8) is 0 Å². The number of rotatable bonds is 8. The molecule has 0 bridgehead atoms. The SMILES string of the molecule is O=C(C=Cc1ccc(O)c(O)c1)O[C@@H]1C[C@@](OC(=O)C=Cc2ccc3c(c2)OC2(O)C(=O)c4c(O)cc(O)cc4OC2(c2ccc(O)c(O)c2)O3)(C(=O)O)C[C@@H](O)[C@@H]1O. The lowest BCUT2D eigenvalue weighted by atomic mass is 9.79. The Morgan fingerprint density at radius 3 is 1.98 bits per heavy atom. The quantitative estimate of drug-likeness (QED) is 0.0691. The first kappa shape index (κ1) is 39.7. The molecule has 2 aliphatic heterocycles. The minimum absolute atomic E-state index is 0.115. The topological polar surface area (TPSA) is 317 Å². The number of benzene rings is 4. The molecule has 0 radical (unpaired) electrons. The van der Waals surface area contributed by atoms with E-state index in [1.807, 2.05) is 0 Å². The van der Waals surface area contributed by atoms with Crippen LogP contribution in [0.3, 0.4) is 0 Å². The number of hydrogen-bond donors (Lipinski definition) is 10. The van der Waals surface area contributed by atoms with E-state index < -0.39 is 118 Å². The number of carbonyl (C=O) groups is 4. The fraction of sp³-hybridized carbons (Fsp3) is 0.200. The van der Waals surface area contributed by atoms with Crippen molar-refractivity contribution in [2.45, 2.75) is 48.3 Å². The van der Waals surface area contributed by atoms with E-state index in [4.69, 9.17) is 23.7 Å². The Labute approximate surface area is 330 Å². The first-order chi connectivity index (χ1) is 27.8. The maximum Gasteiger partial charge on any atom is 0.357 e. The molecule has 1 aliphatic carbocycles. The third-order valence-corrected chi connectivity index (χ3v) is 9.76. The summed E-state index contributed by atoms with van der Waals surface area (Å²) in [4.78, 5) is 52.2. The number of aromatic hydroxyl groups is 6. The van der Waals surface area contributed by atoms with E-state index >= 15 is 0 Å². The number of fused-ring (bicyclic) bond motifs is 3. The van der Waals surface area contributed by atoms with Crippen LogP contribution in [0.15, 0.2) is 78.9 Å². The van der Waals surface area contributed by atoms with Crippen LogP contribution >= 0.6 is 0 Å². The zero-order valence-corrected chi connectivity index (χ0v) is 30.0. The Kier molecular flexibility index (Phi) is 9.75. The van der Waals surface area contributed by atoms with Gasteiger partial charge in [0, 0.05) is 42.7 Å². The van der Waals surface area contributed by atoms with Gasteiger partial charge in [0.2, 0.25) is 5.60 Å². The summed E-state index contributed by atoms with van der Waals surface area (Å²) in [7, 11) is 0. The van der Waals surface area contributed by atoms with E-state index in [1.54, 1.807) is 0 Å². The van der Waals surface area contributed by atoms with Crippen molar-refractivity contribution >= 4 is 35.8 Å². The van der Waals surface area contributed by atoms with Gasteiger partial charge in [0.25, 0.3) is 5.78 Å². The smallest absolute Gasteiger partial charge is 0.357 e. The number of carboxylic acid groups (broad SMARTS) is 1. The zero-order chi connectivity index (χ0) is 42.6. The number of phenols is 6. The number of ketones is 1. The lowest BCUT2D eigenvalue weighted by Crippen LogP contribution is -2.70. The number of carboxylic acids is 1. The summed E-state index contributed by atoms with van der Waals surface area (Å²) >= 11 is 0. The molecular formula is C40H32O19. The monoisotopic (exact) mass is 816 g/mol. The van der Waals surface area contributed by atoms with Gasteiger partial charge in [-0.25, -0.2) is 14.4 Å². The van der Waals surface area contributed by atoms with Crippen molar-refractivity contribution in [3.8, 4) is 51.7 Å². The normalized spacial score (nSPS) is 25.7. The Hall–Kier alpha value is -7.48. The van der Waals surface area contributed by atoms with Crippen LogP contribution in [-0.2, 0) is 29.6 Å². The largest absolute Gasteiger partial charge is 0.508 e. The molecule has 19 nitrogen and oxygen atoms in total. The third kappa shape index (κ3) is 6.98. The van der Waals surface area contributed by atoms with Crippen molar-refractivity contribution in [2.24, 2.45) is 0 Å². The van der Waals surface area contributed by atoms with Gasteiger partial charge in [-0.15, -0.1) is 0 Å². The first-order valence-corrected chi connectivity index (χ1v) is 17.3. The Morgan fingerprint density at radius 1 is 0.678 bits per heavy atom. The number of hydrogen-bond acceptors (Lipinski definition) is 18. The fourth-order valence-corrected chi connectivity index (χ4v) is 6.83. The molecule has 2 unspecified atom stereocenters. The number of phenolic OH excluding ortho intramolecular Hbond substituents is 6. The highest BCUT2D eigenvalue weighted by molar-refractivity contribution is 6.08. The third-order valence-electron chi connectivity index (χ3n) is 9.76. The zero-order valence-electron chi connectivity index (χ0n) is 30.0. The summed E-state index contributed by atoms with van der Waals surface area (Å²) in [6, 6.07) is 12.3. The van der Waals surface area contributed by atoms with Crippen LogP contribution < -0.4 is 14.2 Å². The number of esters is 2. The van der Waals surface area contributed by atoms with Gasteiger partial charge in [0.1, 0.15) is 35.0 Å². The summed E-state index contributed by atoms with van der Waals surface area (Å²) in [6.45, 7) is 0. The number of aliphatic hydroxyl groups is 3. The van der Waals surface area contributed by atoms with Gasteiger partial charge in [-0.3, -0.25) is 4.79 Å². The second-order valence-electron chi connectivity index (χ2n) is 13.7. The van der Waals surface area contributed by atoms with Crippen molar-refractivity contribution < 1.29 is 93.9 Å². The summed E-state index contributed by atoms with van der Waals surface area (Å²) in [5.74, 6) is -15.7. The van der Waals surface area contributed by atoms with Crippen molar-refractivity contribution in [1.82, 2.24) is 0 Å². The van der Waals surface area contributed by atoms with Crippen molar-refractivity contribution in [3.05, 3.63) is 101 Å². The molecule has 306 valence electrons. The Bertz CT molecular complexity index is 2480. The summed E-state index contributed by atoms with van der Waals surface area (Å²) in [5, 5.41) is 103. The van der Waals surface area contributed by atoms with E-state index in [9.17, 15) is 70.2 Å². The molecule has 4 aromatic rings. The van der Waals surface area contributed by atoms with Crippen molar-refractivity contribution in [2.75, 3.05) is 0 Å². The standard InChI is InChI=1S/C40H32O19/c41-21-14-26(46)34-30(15-21)58-40(20-5-7-23(43)25(45)13-20)39(54,36(34)51)56-29-12-19(2-8-28(29)57-40)4-10-33(49)59-38(37(52)53)16-27(47)35(50)31(17-38)55-32(48)9-3-18-1-6-22(42)24(44)11-18/h1-15,27,31,35,41-47,50,54H,16-17H2,(H,52,53)/t27-,31-,35+,38-,39?,40?/m1/s1. The van der Waals surface area contributed by atoms with E-state index in [0.717, 1.165) is 60.7 Å². The summed E-state index contributed by atoms with van der Waals surface area (Å²) in [5.41, 5.74) is -2.98. The van der Waals surface area contributed by atoms with E-state index in [0.29, 0.717) is 0 Å². The number of aliphatic carboxylic acids is 1. The van der Waals surface area contributed by atoms with E-state index in [-0.39, 0.29) is 28.2 Å². The lowest BCUT2D eigenvalue weighted by molar-refractivity contribution is -0.316. The van der Waals surface area contributed by atoms with Crippen LogP contribution in [0.5, 0.6) is 51.7 Å². The van der Waals surface area contributed by atoms with E-state index in [1.165, 1.54) is 30.3 Å². The number of ether oxygens (including phenoxy) is 5. The second kappa shape index (κ2) is 14.5. The van der Waals surface area contributed by atoms with E-state index in [2.05, 4.69) is 0 Å². The molecule has 0 aromatic heterocycles. The highest BCUT2D eigenvalue weighted by Gasteiger charge is 2.71. The predicted molar refractivity (Wildman–Crippen MR) is 194 cm³/mol. The molecule has 4 aromatic carbocycles. The van der Waals surface area contributed by atoms with Crippen LogP contribution in [0.4, 0.5) is 0 Å². The lowest BCUT2D eigenvalue weighted by Gasteiger charge is -2.50. The van der Waals surface area contributed by atoms with Gasteiger partial charge >= 0.3 is 29.5 Å². The van der Waals surface area contributed by atoms with Crippen LogP contribution in [-0.4, -0.2) is 104 Å². The van der Waals surface area contributed by atoms with Gasteiger partial charge < -0.3 is 74.7 Å². The molecule has 7 rings (SSSR count). The number of carbonyl (C=O) groups excluding carboxylic acids is 3. The molecule has 6 atom stereocenters. The molecule has 19 heteroatoms. The van der Waals surface area contributed by atoms with Crippen molar-refractivity contribution in [1.29, 1.82) is 0 Å². The molecule has 1 saturated carbocycles. The van der Waals surface area contributed by atoms with Gasteiger partial charge in [-0.2, -0.15) is 0 Å². The molecule has 2 heterocycles. The number of aliphatic hydroxyl groups excluding tert-OH is 2. The maximum absolute atomic E-state index is 14.0. The molecule has 3 aliphatic rings. The highest BCUT2D eigenvalue weighted by Crippen LogP contribution is 2.55. The summed E-state index contributed by atoms with van der Waals surface area (Å²) < 4.78 is 28.4. The average molecular weight is 817 g/mol. The van der Waals surface area contributed by atoms with Gasteiger partial charge in [-0.1, -0.05) is 12.1 Å². The van der Waals surface area contributed by atoms with Crippen LogP contribution in [0.2, 0.25) is 0 Å². The summed E-state index contributed by atoms with van der Waals surface area (Å²) in [6.07, 6.45) is -2.88. The minimum Gasteiger partial charge on any atom is -0.508 e. The van der Waals surface area contributed by atoms with Gasteiger partial charge in [0.15, 0.2) is 34.5 Å². The maximum atomic E-state index is 14.0. The molecule has 0 spiro atoms. The molecular weight excluding hydrogens is 784 g/mol. The van der Waals surface area contributed by atoms with Crippen LogP contribution in [0.1, 0.15) is 39.9 Å². The van der Waals surface area contributed by atoms with Gasteiger partial charge in [0.05, 0.1) is 6.10 Å². The van der Waals surface area contributed by atoms with Gasteiger partial charge in [-0.05, 0) is 65.7 Å². The molecule has 10 N–H and O–H groups in total. The highest BCUT2D eigenvalue weighted by atomic mass is 16.8. The first-order valence-electron chi connectivity index (χ1n) is 17.3. The van der Waals surface area contributed by atoms with Crippen LogP contribution in [0.25, 0.3) is 12.2 Å².